The molecule has 0 bridgehead atoms. The molecule has 21 heavy (non-hydrogen) atoms. The average molecular weight is 282 g/mol. The highest BCUT2D eigenvalue weighted by molar-refractivity contribution is 5.39. The molecule has 0 saturated carbocycles. The lowest BCUT2D eigenvalue weighted by atomic mass is 10.2. The maximum atomic E-state index is 5.17. The number of methoxy groups -OCH3 is 1. The van der Waals surface area contributed by atoms with Gasteiger partial charge in [-0.15, -0.1) is 5.10 Å². The first-order valence-corrected chi connectivity index (χ1v) is 6.86. The Morgan fingerprint density at radius 1 is 1.10 bits per heavy atom. The van der Waals surface area contributed by atoms with Crippen LogP contribution in [0, 0.1) is 0 Å². The molecule has 0 spiro atoms. The Hall–Kier alpha value is -2.40. The Kier molecular flexibility index (Phi) is 3.83. The van der Waals surface area contributed by atoms with E-state index in [4.69, 9.17) is 4.74 Å². The number of fused-ring (bicyclic) bond motifs is 1. The molecule has 5 heteroatoms. The Balaban J connectivity index is 1.78. The highest BCUT2D eigenvalue weighted by Crippen LogP contribution is 2.13. The summed E-state index contributed by atoms with van der Waals surface area (Å²) in [6.07, 6.45) is 1.86. The summed E-state index contributed by atoms with van der Waals surface area (Å²) in [5.74, 6) is 0.590. The third-order valence-electron chi connectivity index (χ3n) is 3.34. The molecule has 0 amide bonds. The molecule has 0 unspecified atom stereocenters. The average Bonchev–Trinajstić information content (AvgIpc) is 2.90. The fraction of sp³-hybridized carbons (Fsp3) is 0.250. The van der Waals surface area contributed by atoms with Crippen molar-refractivity contribution in [3.8, 4) is 5.88 Å². The van der Waals surface area contributed by atoms with Gasteiger partial charge in [0.1, 0.15) is 0 Å². The lowest BCUT2D eigenvalue weighted by Gasteiger charge is -2.16. The Labute approximate surface area is 123 Å². The molecule has 0 fully saturated rings. The molecule has 0 radical (unpaired) electrons. The third-order valence-corrected chi connectivity index (χ3v) is 3.34. The zero-order chi connectivity index (χ0) is 14.7. The zero-order valence-corrected chi connectivity index (χ0v) is 12.2. The van der Waals surface area contributed by atoms with Crippen molar-refractivity contribution in [1.82, 2.24) is 19.5 Å². The lowest BCUT2D eigenvalue weighted by Crippen LogP contribution is -2.18. The van der Waals surface area contributed by atoms with Crippen LogP contribution in [0.5, 0.6) is 5.88 Å². The standard InChI is InChI=1S/C16H18N4O/c1-19(11-13-6-4-3-5-7-13)12-14-10-17-15-8-9-16(21-2)18-20(14)15/h3-10H,11-12H2,1-2H3. The van der Waals surface area contributed by atoms with Crippen molar-refractivity contribution in [3.63, 3.8) is 0 Å². The highest BCUT2D eigenvalue weighted by Gasteiger charge is 2.09. The van der Waals surface area contributed by atoms with Gasteiger partial charge in [0.25, 0.3) is 0 Å². The third kappa shape index (κ3) is 3.03. The second-order valence-corrected chi connectivity index (χ2v) is 5.05. The molecule has 5 nitrogen and oxygen atoms in total. The van der Waals surface area contributed by atoms with E-state index in [1.165, 1.54) is 5.56 Å². The number of hydrogen-bond acceptors (Lipinski definition) is 4. The van der Waals surface area contributed by atoms with Gasteiger partial charge in [0.05, 0.1) is 19.0 Å². The summed E-state index contributed by atoms with van der Waals surface area (Å²) in [6.45, 7) is 1.66. The van der Waals surface area contributed by atoms with Gasteiger partial charge in [0, 0.05) is 19.2 Å². The largest absolute Gasteiger partial charge is 0.480 e. The summed E-state index contributed by atoms with van der Waals surface area (Å²) in [7, 11) is 3.71. The molecule has 0 aliphatic rings. The second kappa shape index (κ2) is 5.93. The van der Waals surface area contributed by atoms with Gasteiger partial charge in [-0.25, -0.2) is 9.50 Å². The van der Waals surface area contributed by atoms with Gasteiger partial charge in [0.15, 0.2) is 5.65 Å². The highest BCUT2D eigenvalue weighted by atomic mass is 16.5. The first-order chi connectivity index (χ1) is 10.3. The number of imidazole rings is 1. The van der Waals surface area contributed by atoms with Gasteiger partial charge in [0.2, 0.25) is 5.88 Å². The van der Waals surface area contributed by atoms with Crippen LogP contribution >= 0.6 is 0 Å². The van der Waals surface area contributed by atoms with E-state index in [0.717, 1.165) is 24.4 Å². The fourth-order valence-corrected chi connectivity index (χ4v) is 2.35. The number of hydrogen-bond donors (Lipinski definition) is 0. The van der Waals surface area contributed by atoms with Crippen LogP contribution in [-0.2, 0) is 13.1 Å². The lowest BCUT2D eigenvalue weighted by molar-refractivity contribution is 0.311. The molecule has 3 rings (SSSR count). The summed E-state index contributed by atoms with van der Waals surface area (Å²) >= 11 is 0. The normalized spacial score (nSPS) is 11.2. The summed E-state index contributed by atoms with van der Waals surface area (Å²) in [5, 5.41) is 4.42. The molecule has 108 valence electrons. The van der Waals surface area contributed by atoms with Crippen molar-refractivity contribution in [2.45, 2.75) is 13.1 Å². The van der Waals surface area contributed by atoms with Crippen molar-refractivity contribution < 1.29 is 4.74 Å². The van der Waals surface area contributed by atoms with Crippen molar-refractivity contribution in [2.75, 3.05) is 14.2 Å². The number of benzene rings is 1. The van der Waals surface area contributed by atoms with E-state index in [1.807, 2.05) is 28.9 Å². The number of nitrogens with zero attached hydrogens (tertiary/aromatic N) is 4. The first-order valence-electron chi connectivity index (χ1n) is 6.86. The minimum absolute atomic E-state index is 0.590. The van der Waals surface area contributed by atoms with Crippen LogP contribution in [0.3, 0.4) is 0 Å². The predicted octanol–water partition coefficient (Wildman–Crippen LogP) is 2.37. The van der Waals surface area contributed by atoms with E-state index < -0.39 is 0 Å². The van der Waals surface area contributed by atoms with Gasteiger partial charge < -0.3 is 4.74 Å². The quantitative estimate of drug-likeness (QED) is 0.720. The summed E-state index contributed by atoms with van der Waals surface area (Å²) in [4.78, 5) is 6.61. The molecule has 3 aromatic rings. The fourth-order valence-electron chi connectivity index (χ4n) is 2.35. The molecule has 0 atom stereocenters. The number of ether oxygens (including phenoxy) is 1. The topological polar surface area (TPSA) is 42.7 Å². The van der Waals surface area contributed by atoms with E-state index in [0.29, 0.717) is 5.88 Å². The molecule has 2 aromatic heterocycles. The van der Waals surface area contributed by atoms with E-state index in [2.05, 4.69) is 46.3 Å². The first kappa shape index (κ1) is 13.6. The van der Waals surface area contributed by atoms with Gasteiger partial charge in [-0.1, -0.05) is 30.3 Å². The van der Waals surface area contributed by atoms with E-state index in [-0.39, 0.29) is 0 Å². The summed E-state index contributed by atoms with van der Waals surface area (Å²) in [6, 6.07) is 14.1. The molecular weight excluding hydrogens is 264 g/mol. The molecule has 0 aliphatic carbocycles. The van der Waals surface area contributed by atoms with Crippen molar-refractivity contribution in [2.24, 2.45) is 0 Å². The van der Waals surface area contributed by atoms with Gasteiger partial charge in [-0.2, -0.15) is 0 Å². The van der Waals surface area contributed by atoms with Crippen LogP contribution in [0.4, 0.5) is 0 Å². The van der Waals surface area contributed by atoms with Crippen molar-refractivity contribution in [3.05, 3.63) is 59.9 Å². The minimum Gasteiger partial charge on any atom is -0.480 e. The van der Waals surface area contributed by atoms with Crippen LogP contribution in [0.25, 0.3) is 5.65 Å². The SMILES string of the molecule is COc1ccc2ncc(CN(C)Cc3ccccc3)n2n1. The van der Waals surface area contributed by atoms with Crippen LogP contribution in [-0.4, -0.2) is 33.7 Å². The van der Waals surface area contributed by atoms with Crippen molar-refractivity contribution >= 4 is 5.65 Å². The number of aromatic nitrogens is 3. The monoisotopic (exact) mass is 282 g/mol. The van der Waals surface area contributed by atoms with Crippen LogP contribution in [0.15, 0.2) is 48.7 Å². The zero-order valence-electron chi connectivity index (χ0n) is 12.2. The molecule has 0 saturated heterocycles. The minimum atomic E-state index is 0.590. The molecular formula is C16H18N4O. The maximum absolute atomic E-state index is 5.17. The smallest absolute Gasteiger partial charge is 0.231 e. The molecule has 0 aliphatic heterocycles. The van der Waals surface area contributed by atoms with Gasteiger partial charge in [-0.05, 0) is 18.7 Å². The van der Waals surface area contributed by atoms with Gasteiger partial charge >= 0.3 is 0 Å². The van der Waals surface area contributed by atoms with E-state index in [9.17, 15) is 0 Å². The van der Waals surface area contributed by atoms with Crippen LogP contribution in [0.2, 0.25) is 0 Å². The van der Waals surface area contributed by atoms with E-state index >= 15 is 0 Å². The van der Waals surface area contributed by atoms with Crippen LogP contribution < -0.4 is 4.74 Å². The predicted molar refractivity (Wildman–Crippen MR) is 81.2 cm³/mol. The van der Waals surface area contributed by atoms with Crippen molar-refractivity contribution in [1.29, 1.82) is 0 Å². The number of rotatable bonds is 5. The van der Waals surface area contributed by atoms with E-state index in [1.54, 1.807) is 7.11 Å². The maximum Gasteiger partial charge on any atom is 0.231 e. The Morgan fingerprint density at radius 2 is 1.90 bits per heavy atom. The molecule has 1 aromatic carbocycles. The second-order valence-electron chi connectivity index (χ2n) is 5.05. The van der Waals surface area contributed by atoms with Gasteiger partial charge in [-0.3, -0.25) is 4.90 Å². The molecule has 0 N–H and O–H groups in total. The summed E-state index contributed by atoms with van der Waals surface area (Å²) in [5.41, 5.74) is 3.17. The van der Waals surface area contributed by atoms with Crippen LogP contribution in [0.1, 0.15) is 11.3 Å². The Morgan fingerprint density at radius 3 is 2.67 bits per heavy atom. The Bertz CT molecular complexity index is 723. The molecule has 2 heterocycles. The summed E-state index contributed by atoms with van der Waals surface area (Å²) < 4.78 is 7.01.